The molecule has 2 aromatic heterocycles. The quantitative estimate of drug-likeness (QED) is 0.140. The molecular weight excluding hydrogens is 484 g/mol. The number of H-pyrrole nitrogens is 1. The number of ether oxygens (including phenoxy) is 1. The van der Waals surface area contributed by atoms with Gasteiger partial charge in [0.05, 0.1) is 11.5 Å². The molecule has 0 unspecified atom stereocenters. The fourth-order valence-electron chi connectivity index (χ4n) is 2.92. The number of aryl methyl sites for hydroxylation is 1. The van der Waals surface area contributed by atoms with Gasteiger partial charge in [-0.3, -0.25) is 24.8 Å². The molecule has 166 valence electrons. The van der Waals surface area contributed by atoms with Gasteiger partial charge in [-0.25, -0.2) is 4.79 Å². The number of non-ortho nitro benzene ring substituents is 1. The van der Waals surface area contributed by atoms with Crippen molar-refractivity contribution in [3.8, 4) is 0 Å². The summed E-state index contributed by atoms with van der Waals surface area (Å²) in [7, 11) is 0. The third kappa shape index (κ3) is 5.30. The minimum absolute atomic E-state index is 0. The maximum absolute atomic E-state index is 12.8. The van der Waals surface area contributed by atoms with Crippen molar-refractivity contribution < 1.29 is 45.6 Å². The van der Waals surface area contributed by atoms with E-state index in [1.165, 1.54) is 36.4 Å². The third-order valence-electron chi connectivity index (χ3n) is 4.52. The molecular formula is C21H19BrN4O6. The van der Waals surface area contributed by atoms with Gasteiger partial charge in [0, 0.05) is 41.1 Å². The van der Waals surface area contributed by atoms with Crippen LogP contribution in [0.5, 0.6) is 0 Å². The second-order valence-electron chi connectivity index (χ2n) is 6.61. The Labute approximate surface area is 193 Å². The van der Waals surface area contributed by atoms with Crippen LogP contribution in [0.2, 0.25) is 0 Å². The van der Waals surface area contributed by atoms with Crippen molar-refractivity contribution in [1.29, 1.82) is 0 Å². The van der Waals surface area contributed by atoms with E-state index < -0.39 is 16.7 Å². The number of nitrogens with one attached hydrogen (secondary N) is 1. The Morgan fingerprint density at radius 2 is 1.72 bits per heavy atom. The van der Waals surface area contributed by atoms with E-state index in [1.807, 2.05) is 0 Å². The lowest BCUT2D eigenvalue weighted by Crippen LogP contribution is -3.00. The Morgan fingerprint density at radius 3 is 2.28 bits per heavy atom. The van der Waals surface area contributed by atoms with Crippen molar-refractivity contribution in [1.82, 2.24) is 10.2 Å². The summed E-state index contributed by atoms with van der Waals surface area (Å²) < 4.78 is 6.56. The van der Waals surface area contributed by atoms with Gasteiger partial charge >= 0.3 is 5.97 Å². The number of carbonyl (C=O) groups is 3. The maximum Gasteiger partial charge on any atom is 0.342 e. The lowest BCUT2D eigenvalue weighted by Gasteiger charge is -2.03. The molecule has 0 radical (unpaired) electrons. The summed E-state index contributed by atoms with van der Waals surface area (Å²) in [5.74, 6) is -1.33. The number of rotatable bonds is 8. The van der Waals surface area contributed by atoms with E-state index in [9.17, 15) is 24.5 Å². The summed E-state index contributed by atoms with van der Waals surface area (Å²) in [6.45, 7) is 3.45. The maximum atomic E-state index is 12.8. The number of carbonyl (C=O) groups excluding carboxylic acids is 3. The average Bonchev–Trinajstić information content (AvgIpc) is 3.15. The molecule has 0 fully saturated rings. The van der Waals surface area contributed by atoms with E-state index in [0.717, 1.165) is 0 Å². The first-order valence-electron chi connectivity index (χ1n) is 9.35. The zero-order valence-electron chi connectivity index (χ0n) is 17.2. The standard InChI is InChI=1S/C21H18N4O6.BrH/c1-3-31-21(28)18-13(2)22-23-19(18)20(27)15-8-10-24(11-9-15)12-17(26)14-4-6-16(7-5-14)25(29)30;/h4-11H,3,12H2,1-2H3;1H. The molecule has 0 spiro atoms. The number of hydrogen-bond donors (Lipinski definition) is 1. The number of ketones is 2. The summed E-state index contributed by atoms with van der Waals surface area (Å²) in [4.78, 5) is 47.5. The molecule has 0 saturated carbocycles. The van der Waals surface area contributed by atoms with Crippen LogP contribution >= 0.6 is 0 Å². The van der Waals surface area contributed by atoms with E-state index in [-0.39, 0.29) is 58.4 Å². The van der Waals surface area contributed by atoms with Gasteiger partial charge in [-0.1, -0.05) is 0 Å². The molecule has 10 nitrogen and oxygen atoms in total. The van der Waals surface area contributed by atoms with Crippen LogP contribution < -0.4 is 21.5 Å². The highest BCUT2D eigenvalue weighted by molar-refractivity contribution is 6.13. The summed E-state index contributed by atoms with van der Waals surface area (Å²) in [5, 5.41) is 17.3. The predicted molar refractivity (Wildman–Crippen MR) is 107 cm³/mol. The highest BCUT2D eigenvalue weighted by Crippen LogP contribution is 2.16. The first-order chi connectivity index (χ1) is 14.8. The summed E-state index contributed by atoms with van der Waals surface area (Å²) >= 11 is 0. The normalized spacial score (nSPS) is 10.2. The molecule has 0 bridgehead atoms. The van der Waals surface area contributed by atoms with E-state index in [2.05, 4.69) is 10.2 Å². The first kappa shape index (κ1) is 24.5. The van der Waals surface area contributed by atoms with Crippen molar-refractivity contribution in [2.45, 2.75) is 20.4 Å². The van der Waals surface area contributed by atoms with Crippen molar-refractivity contribution in [3.05, 3.63) is 87.0 Å². The molecule has 3 aromatic rings. The molecule has 0 amide bonds. The molecule has 3 rings (SSSR count). The molecule has 0 aliphatic heterocycles. The van der Waals surface area contributed by atoms with Crippen LogP contribution in [0.25, 0.3) is 0 Å². The van der Waals surface area contributed by atoms with Crippen LogP contribution in [0.15, 0.2) is 48.8 Å². The van der Waals surface area contributed by atoms with Crippen molar-refractivity contribution >= 4 is 23.2 Å². The highest BCUT2D eigenvalue weighted by Gasteiger charge is 2.26. The number of pyridine rings is 1. The van der Waals surface area contributed by atoms with Crippen molar-refractivity contribution in [2.24, 2.45) is 0 Å². The largest absolute Gasteiger partial charge is 1.00 e. The molecule has 11 heteroatoms. The fraction of sp³-hybridized carbons (Fsp3) is 0.190. The number of hydrogen-bond acceptors (Lipinski definition) is 7. The SMILES string of the molecule is CCOC(=O)c1c(C(=O)c2cc[n+](CC(=O)c3ccc([N+](=O)[O-])cc3)cc2)n[nH]c1C.[Br-]. The topological polar surface area (TPSA) is 136 Å². The van der Waals surface area contributed by atoms with Crippen LogP contribution in [0.3, 0.4) is 0 Å². The number of esters is 1. The van der Waals surface area contributed by atoms with E-state index in [4.69, 9.17) is 4.74 Å². The second-order valence-corrected chi connectivity index (χ2v) is 6.61. The lowest BCUT2D eigenvalue weighted by molar-refractivity contribution is -0.683. The van der Waals surface area contributed by atoms with E-state index in [1.54, 1.807) is 30.8 Å². The second kappa shape index (κ2) is 10.5. The van der Waals surface area contributed by atoms with Crippen LogP contribution in [0.1, 0.15) is 49.4 Å². The van der Waals surface area contributed by atoms with E-state index >= 15 is 0 Å². The summed E-state index contributed by atoms with van der Waals surface area (Å²) in [5.41, 5.74) is 1.03. The number of nitrogens with zero attached hydrogens (tertiary/aromatic N) is 3. The van der Waals surface area contributed by atoms with Gasteiger partial charge in [-0.15, -0.1) is 0 Å². The van der Waals surface area contributed by atoms with Crippen LogP contribution in [-0.4, -0.2) is 39.3 Å². The zero-order chi connectivity index (χ0) is 22.5. The Morgan fingerprint density at radius 1 is 1.09 bits per heavy atom. The van der Waals surface area contributed by atoms with Gasteiger partial charge in [-0.05, 0) is 26.0 Å². The highest BCUT2D eigenvalue weighted by atomic mass is 79.9. The molecule has 1 aromatic carbocycles. The number of aromatic nitrogens is 3. The molecule has 0 aliphatic carbocycles. The van der Waals surface area contributed by atoms with Gasteiger partial charge in [0.1, 0.15) is 11.3 Å². The average molecular weight is 503 g/mol. The zero-order valence-corrected chi connectivity index (χ0v) is 18.8. The first-order valence-corrected chi connectivity index (χ1v) is 9.35. The number of nitro groups is 1. The summed E-state index contributed by atoms with van der Waals surface area (Å²) in [6.07, 6.45) is 3.11. The Balaban J connectivity index is 0.00000363. The molecule has 32 heavy (non-hydrogen) atoms. The molecule has 2 heterocycles. The number of nitro benzene ring substituents is 1. The predicted octanol–water partition coefficient (Wildman–Crippen LogP) is -0.792. The summed E-state index contributed by atoms with van der Waals surface area (Å²) in [6, 6.07) is 8.37. The van der Waals surface area contributed by atoms with Crippen LogP contribution in [-0.2, 0) is 11.3 Å². The van der Waals surface area contributed by atoms with Gasteiger partial charge in [0.15, 0.2) is 12.4 Å². The fourth-order valence-corrected chi connectivity index (χ4v) is 2.92. The van der Waals surface area contributed by atoms with Crippen LogP contribution in [0.4, 0.5) is 5.69 Å². The molecule has 0 aliphatic rings. The van der Waals surface area contributed by atoms with Gasteiger partial charge in [0.2, 0.25) is 18.1 Å². The van der Waals surface area contributed by atoms with Crippen LogP contribution in [0, 0.1) is 17.0 Å². The Kier molecular flexibility index (Phi) is 8.08. The number of halogens is 1. The van der Waals surface area contributed by atoms with Crippen molar-refractivity contribution in [3.63, 3.8) is 0 Å². The monoisotopic (exact) mass is 502 g/mol. The van der Waals surface area contributed by atoms with Crippen molar-refractivity contribution in [2.75, 3.05) is 6.61 Å². The molecule has 0 saturated heterocycles. The number of aromatic amines is 1. The van der Waals surface area contributed by atoms with E-state index in [0.29, 0.717) is 11.3 Å². The smallest absolute Gasteiger partial charge is 0.342 e. The minimum atomic E-state index is -0.628. The third-order valence-corrected chi connectivity index (χ3v) is 4.52. The molecule has 0 atom stereocenters. The lowest BCUT2D eigenvalue weighted by atomic mass is 10.0. The van der Waals surface area contributed by atoms with Gasteiger partial charge in [0.25, 0.3) is 5.69 Å². The minimum Gasteiger partial charge on any atom is -1.00 e. The number of benzene rings is 1. The van der Waals surface area contributed by atoms with Gasteiger partial charge < -0.3 is 21.7 Å². The number of Topliss-reactive ketones (excluding diaryl/α,β-unsaturated/α-hetero) is 1. The van der Waals surface area contributed by atoms with Gasteiger partial charge in [-0.2, -0.15) is 9.67 Å². The Hall–Kier alpha value is -3.73. The Bertz CT molecular complexity index is 1160. The molecule has 1 N–H and O–H groups in total.